The normalized spacial score (nSPS) is 20.2. The zero-order chi connectivity index (χ0) is 17.6. The third kappa shape index (κ3) is 5.54. The van der Waals surface area contributed by atoms with E-state index >= 15 is 0 Å². The van der Waals surface area contributed by atoms with Gasteiger partial charge in [-0.1, -0.05) is 0 Å². The standard InChI is InChI=1S/C19H23N2O2.CH3.Sn/c1-4-15(5-2)14-23-18-8-6-16(7-9-18)12-20-19(22)17-10-11-21(3)13-17;;/h1-2,4-9,17H,10-14H2,3H3,(H,20,22);1H3;. The fourth-order valence-electron chi connectivity index (χ4n) is 3.04. The molecule has 132 valence electrons. The predicted octanol–water partition coefficient (Wildman–Crippen LogP) is 2.18. The molecule has 1 atom stereocenters. The van der Waals surface area contributed by atoms with E-state index in [9.17, 15) is 4.79 Å². The van der Waals surface area contributed by atoms with Crippen LogP contribution in [0.5, 0.6) is 5.75 Å². The smallest absolute Gasteiger partial charge is 0.00953 e. The van der Waals surface area contributed by atoms with Gasteiger partial charge in [-0.25, -0.2) is 0 Å². The Morgan fingerprint density at radius 1 is 1.36 bits per heavy atom. The van der Waals surface area contributed by atoms with E-state index in [1.165, 1.54) is 5.57 Å². The maximum absolute atomic E-state index is 12.2. The first kappa shape index (κ1) is 18.4. The molecule has 2 aliphatic rings. The van der Waals surface area contributed by atoms with E-state index < -0.39 is 19.3 Å². The van der Waals surface area contributed by atoms with Crippen molar-refractivity contribution in [1.29, 1.82) is 0 Å². The molecule has 0 spiro atoms. The number of hydrogen-bond donors (Lipinski definition) is 1. The number of nitrogens with zero attached hydrogens (tertiary/aromatic N) is 1. The van der Waals surface area contributed by atoms with Crippen LogP contribution in [0.25, 0.3) is 0 Å². The predicted molar refractivity (Wildman–Crippen MR) is 104 cm³/mol. The first-order valence-corrected chi connectivity index (χ1v) is 15.0. The molecule has 1 fully saturated rings. The van der Waals surface area contributed by atoms with E-state index in [1.54, 1.807) is 0 Å². The molecule has 0 aromatic heterocycles. The Morgan fingerprint density at radius 2 is 2.16 bits per heavy atom. The molecule has 1 amide bonds. The topological polar surface area (TPSA) is 41.6 Å². The largest absolute Gasteiger partial charge is 0.00953 e. The number of ether oxygens (including phenoxy) is 1. The maximum atomic E-state index is 12.2. The summed E-state index contributed by atoms with van der Waals surface area (Å²) in [5.74, 6) is 1.16. The summed E-state index contributed by atoms with van der Waals surface area (Å²) >= 11 is -1.26. The van der Waals surface area contributed by atoms with E-state index in [2.05, 4.69) is 42.5 Å². The molecule has 1 saturated heterocycles. The van der Waals surface area contributed by atoms with Gasteiger partial charge in [0.1, 0.15) is 0 Å². The van der Waals surface area contributed by atoms with Crippen LogP contribution in [-0.2, 0) is 11.3 Å². The van der Waals surface area contributed by atoms with Gasteiger partial charge in [-0.3, -0.25) is 4.79 Å². The quantitative estimate of drug-likeness (QED) is 0.683. The van der Waals surface area contributed by atoms with Gasteiger partial charge in [-0.15, -0.1) is 0 Å². The average molecular weight is 445 g/mol. The van der Waals surface area contributed by atoms with Crippen molar-refractivity contribution in [1.82, 2.24) is 10.2 Å². The second-order valence-electron chi connectivity index (χ2n) is 6.88. The summed E-state index contributed by atoms with van der Waals surface area (Å²) in [4.78, 5) is 16.7. The molecule has 5 heteroatoms. The number of carbonyl (C=O) groups excluding carboxylic acids is 1. The van der Waals surface area contributed by atoms with E-state index in [4.69, 9.17) is 4.74 Å². The fourth-order valence-corrected chi connectivity index (χ4v) is 6.08. The van der Waals surface area contributed by atoms with Gasteiger partial charge in [0.2, 0.25) is 0 Å². The third-order valence-electron chi connectivity index (χ3n) is 4.68. The van der Waals surface area contributed by atoms with Crippen molar-refractivity contribution in [2.24, 2.45) is 5.92 Å². The zero-order valence-corrected chi connectivity index (χ0v) is 17.8. The number of hydrogen-bond acceptors (Lipinski definition) is 3. The van der Waals surface area contributed by atoms with Crippen LogP contribution >= 0.6 is 0 Å². The molecule has 0 bridgehead atoms. The van der Waals surface area contributed by atoms with Gasteiger partial charge in [0.15, 0.2) is 0 Å². The number of carbonyl (C=O) groups is 1. The second-order valence-corrected chi connectivity index (χ2v) is 13.0. The number of likely N-dealkylation sites (tertiary alicyclic amines) is 1. The van der Waals surface area contributed by atoms with Gasteiger partial charge in [-0.05, 0) is 20.0 Å². The average Bonchev–Trinajstić information content (AvgIpc) is 3.07. The first-order valence-electron chi connectivity index (χ1n) is 8.84. The van der Waals surface area contributed by atoms with Gasteiger partial charge in [-0.2, -0.15) is 0 Å². The van der Waals surface area contributed by atoms with Crippen LogP contribution in [0.3, 0.4) is 0 Å². The molecule has 1 N–H and O–H groups in total. The Labute approximate surface area is 156 Å². The Kier molecular flexibility index (Phi) is 6.48. The Hall–Kier alpha value is -1.40. The summed E-state index contributed by atoms with van der Waals surface area (Å²) in [5, 5.41) is 3.05. The van der Waals surface area contributed by atoms with E-state index in [-0.39, 0.29) is 11.8 Å². The summed E-state index contributed by atoms with van der Waals surface area (Å²) in [7, 11) is 2.06. The molecule has 2 aliphatic heterocycles. The van der Waals surface area contributed by atoms with Crippen LogP contribution < -0.4 is 10.1 Å². The molecular formula is C20H26N2O2Sn. The van der Waals surface area contributed by atoms with Crippen molar-refractivity contribution in [3.8, 4) is 5.75 Å². The van der Waals surface area contributed by atoms with E-state index in [0.29, 0.717) is 13.2 Å². The summed E-state index contributed by atoms with van der Waals surface area (Å²) < 4.78 is 10.6. The van der Waals surface area contributed by atoms with Crippen LogP contribution in [0, 0.1) is 5.92 Å². The number of allylic oxidation sites excluding steroid dienone is 1. The molecule has 1 aromatic rings. The molecule has 0 saturated carbocycles. The first-order chi connectivity index (χ1) is 12.1. The minimum atomic E-state index is -1.26. The molecule has 3 rings (SSSR count). The number of benzene rings is 1. The molecule has 2 heterocycles. The van der Waals surface area contributed by atoms with Gasteiger partial charge in [0.05, 0.1) is 5.92 Å². The van der Waals surface area contributed by atoms with E-state index in [1.807, 2.05) is 24.3 Å². The van der Waals surface area contributed by atoms with Gasteiger partial charge in [0, 0.05) is 6.54 Å². The molecular weight excluding hydrogens is 419 g/mol. The molecule has 0 aliphatic carbocycles. The van der Waals surface area contributed by atoms with Crippen molar-refractivity contribution in [2.75, 3.05) is 26.7 Å². The monoisotopic (exact) mass is 446 g/mol. The van der Waals surface area contributed by atoms with Crippen LogP contribution in [0.4, 0.5) is 0 Å². The third-order valence-corrected chi connectivity index (χ3v) is 8.63. The molecule has 0 radical (unpaired) electrons. The van der Waals surface area contributed by atoms with Gasteiger partial charge in [0.25, 0.3) is 0 Å². The zero-order valence-electron chi connectivity index (χ0n) is 15.0. The minimum Gasteiger partial charge on any atom is 0.00953 e. The van der Waals surface area contributed by atoms with Crippen LogP contribution in [0.15, 0.2) is 46.1 Å². The summed E-state index contributed by atoms with van der Waals surface area (Å²) in [6.45, 7) is 3.06. The fraction of sp³-hybridized carbons (Fsp3) is 0.400. The van der Waals surface area contributed by atoms with Crippen molar-refractivity contribution in [3.63, 3.8) is 0 Å². The molecule has 4 nitrogen and oxygen atoms in total. The van der Waals surface area contributed by atoms with Gasteiger partial charge >= 0.3 is 115 Å². The van der Waals surface area contributed by atoms with Crippen molar-refractivity contribution in [3.05, 3.63) is 51.6 Å². The summed E-state index contributed by atoms with van der Waals surface area (Å²) in [5.41, 5.74) is 2.32. The molecule has 1 unspecified atom stereocenters. The number of rotatable bonds is 6. The van der Waals surface area contributed by atoms with Crippen molar-refractivity contribution in [2.45, 2.75) is 17.9 Å². The number of nitrogens with one attached hydrogen (secondary N) is 1. The molecule has 25 heavy (non-hydrogen) atoms. The van der Waals surface area contributed by atoms with Crippen LogP contribution in [0.2, 0.25) is 4.94 Å². The van der Waals surface area contributed by atoms with Crippen molar-refractivity contribution >= 4 is 29.2 Å². The SMILES string of the molecule is CN1CCC(C(=O)NCc2ccc(OCC3=C[CH]=[Sn]([CH3])[CH]=C3)cc2)C1. The van der Waals surface area contributed by atoms with E-state index in [0.717, 1.165) is 30.8 Å². The van der Waals surface area contributed by atoms with Crippen LogP contribution in [-0.4, -0.2) is 60.9 Å². The van der Waals surface area contributed by atoms with Crippen LogP contribution in [0.1, 0.15) is 12.0 Å². The molecule has 1 aromatic carbocycles. The number of amides is 1. The maximum Gasteiger partial charge on any atom is 0.00953 e. The second kappa shape index (κ2) is 8.81. The van der Waals surface area contributed by atoms with Gasteiger partial charge < -0.3 is 4.90 Å². The minimum absolute atomic E-state index is 0.133. The Balaban J connectivity index is 1.44. The Bertz CT molecular complexity index is 707. The summed E-state index contributed by atoms with van der Waals surface area (Å²) in [6, 6.07) is 7.99. The summed E-state index contributed by atoms with van der Waals surface area (Å²) in [6.07, 6.45) is 5.37. The Morgan fingerprint density at radius 3 is 2.80 bits per heavy atom. The van der Waals surface area contributed by atoms with Crippen molar-refractivity contribution < 1.29 is 9.53 Å².